The van der Waals surface area contributed by atoms with Crippen LogP contribution in [0, 0.1) is 0 Å². The van der Waals surface area contributed by atoms with E-state index in [-0.39, 0.29) is 0 Å². The molecule has 0 saturated carbocycles. The number of hydrogen-bond acceptors (Lipinski definition) is 3. The first-order chi connectivity index (χ1) is 9.88. The van der Waals surface area contributed by atoms with E-state index in [2.05, 4.69) is 50.9 Å². The van der Waals surface area contributed by atoms with E-state index in [0.717, 1.165) is 31.5 Å². The number of allylic oxidation sites excluding steroid dienone is 6. The van der Waals surface area contributed by atoms with E-state index < -0.39 is 0 Å². The minimum atomic E-state index is 0.712. The van der Waals surface area contributed by atoms with Crippen LogP contribution in [0.4, 0.5) is 0 Å². The normalized spacial score (nSPS) is 15.6. The molecule has 3 nitrogen and oxygen atoms in total. The summed E-state index contributed by atoms with van der Waals surface area (Å²) in [6.45, 7) is 7.37. The smallest absolute Gasteiger partial charge is 0.0355 e. The van der Waals surface area contributed by atoms with E-state index in [9.17, 15) is 0 Å². The van der Waals surface area contributed by atoms with Gasteiger partial charge in [-0.15, -0.1) is 0 Å². The van der Waals surface area contributed by atoms with Gasteiger partial charge < -0.3 is 16.4 Å². The molecule has 3 heteroatoms. The summed E-state index contributed by atoms with van der Waals surface area (Å²) in [5.41, 5.74) is 17.3. The quantitative estimate of drug-likeness (QED) is 0.734. The van der Waals surface area contributed by atoms with Gasteiger partial charge in [-0.25, -0.2) is 0 Å². The van der Waals surface area contributed by atoms with Gasteiger partial charge in [-0.05, 0) is 51.8 Å². The first kappa shape index (κ1) is 17.2. The fourth-order valence-corrected chi connectivity index (χ4v) is 2.14. The molecule has 1 aliphatic carbocycles. The maximum atomic E-state index is 5.95. The summed E-state index contributed by atoms with van der Waals surface area (Å²) >= 11 is 0. The van der Waals surface area contributed by atoms with Crippen molar-refractivity contribution in [1.29, 1.82) is 0 Å². The van der Waals surface area contributed by atoms with Gasteiger partial charge in [0.1, 0.15) is 0 Å². The number of nitrogens with zero attached hydrogens (tertiary/aromatic N) is 1. The van der Waals surface area contributed by atoms with Crippen molar-refractivity contribution in [1.82, 2.24) is 4.90 Å². The summed E-state index contributed by atoms with van der Waals surface area (Å²) < 4.78 is 0. The van der Waals surface area contributed by atoms with Gasteiger partial charge in [-0.1, -0.05) is 23.3 Å². The van der Waals surface area contributed by atoms with Crippen molar-refractivity contribution in [2.24, 2.45) is 11.5 Å². The Balaban J connectivity index is 2.55. The Labute approximate surface area is 129 Å². The Kier molecular flexibility index (Phi) is 6.86. The van der Waals surface area contributed by atoms with E-state index >= 15 is 0 Å². The van der Waals surface area contributed by atoms with Crippen LogP contribution in [0.15, 0.2) is 58.6 Å². The lowest BCUT2D eigenvalue weighted by molar-refractivity contribution is 0.451. The van der Waals surface area contributed by atoms with Crippen molar-refractivity contribution in [3.05, 3.63) is 58.6 Å². The fraction of sp³-hybridized carbons (Fsp3) is 0.444. The summed E-state index contributed by atoms with van der Waals surface area (Å²) in [7, 11) is 2.09. The zero-order chi connectivity index (χ0) is 15.8. The molecule has 21 heavy (non-hydrogen) atoms. The third-order valence-corrected chi connectivity index (χ3v) is 3.50. The van der Waals surface area contributed by atoms with E-state index in [1.807, 2.05) is 12.2 Å². The highest BCUT2D eigenvalue weighted by atomic mass is 15.1. The molecular weight excluding hydrogens is 258 g/mol. The molecule has 0 bridgehead atoms. The molecular formula is C18H29N3. The average molecular weight is 287 g/mol. The monoisotopic (exact) mass is 287 g/mol. The van der Waals surface area contributed by atoms with Crippen LogP contribution < -0.4 is 11.5 Å². The van der Waals surface area contributed by atoms with Gasteiger partial charge in [0.25, 0.3) is 0 Å². The lowest BCUT2D eigenvalue weighted by Crippen LogP contribution is -2.19. The summed E-state index contributed by atoms with van der Waals surface area (Å²) in [4.78, 5) is 2.22. The van der Waals surface area contributed by atoms with Crippen LogP contribution in [0.25, 0.3) is 0 Å². The van der Waals surface area contributed by atoms with Crippen molar-refractivity contribution < 1.29 is 0 Å². The maximum Gasteiger partial charge on any atom is 0.0355 e. The molecule has 116 valence electrons. The molecule has 0 amide bonds. The number of nitrogens with two attached hydrogens (primary N) is 2. The van der Waals surface area contributed by atoms with Crippen LogP contribution >= 0.6 is 0 Å². The molecule has 0 spiro atoms. The Morgan fingerprint density at radius 2 is 1.90 bits per heavy atom. The van der Waals surface area contributed by atoms with E-state index in [4.69, 9.17) is 11.5 Å². The molecule has 0 radical (unpaired) electrons. The highest BCUT2D eigenvalue weighted by molar-refractivity contribution is 5.32. The summed E-state index contributed by atoms with van der Waals surface area (Å²) in [5.74, 6) is 0. The van der Waals surface area contributed by atoms with Crippen LogP contribution in [0.5, 0.6) is 0 Å². The molecule has 0 aromatic heterocycles. The lowest BCUT2D eigenvalue weighted by atomic mass is 10.1. The third kappa shape index (κ3) is 6.89. The van der Waals surface area contributed by atoms with Crippen LogP contribution in [-0.2, 0) is 0 Å². The Morgan fingerprint density at radius 1 is 1.19 bits per heavy atom. The van der Waals surface area contributed by atoms with Gasteiger partial charge >= 0.3 is 0 Å². The SMILES string of the molecule is CC(C)=CCC/C(C)=C/CN(C)C1=CC=C(N)C=C(N)C1. The molecule has 4 N–H and O–H groups in total. The lowest BCUT2D eigenvalue weighted by Gasteiger charge is -2.21. The van der Waals surface area contributed by atoms with Gasteiger partial charge in [0.15, 0.2) is 0 Å². The Hall–Kier alpha value is -1.90. The van der Waals surface area contributed by atoms with Crippen molar-refractivity contribution in [2.75, 3.05) is 13.6 Å². The molecule has 0 heterocycles. The topological polar surface area (TPSA) is 55.3 Å². The second-order valence-electron chi connectivity index (χ2n) is 5.97. The minimum absolute atomic E-state index is 0.712. The molecule has 0 aliphatic heterocycles. The fourth-order valence-electron chi connectivity index (χ4n) is 2.14. The predicted octanol–water partition coefficient (Wildman–Crippen LogP) is 3.58. The van der Waals surface area contributed by atoms with Gasteiger partial charge in [0.05, 0.1) is 0 Å². The van der Waals surface area contributed by atoms with Gasteiger partial charge in [-0.2, -0.15) is 0 Å². The van der Waals surface area contributed by atoms with Crippen LogP contribution in [0.2, 0.25) is 0 Å². The first-order valence-corrected chi connectivity index (χ1v) is 7.51. The van der Waals surface area contributed by atoms with Crippen molar-refractivity contribution in [2.45, 2.75) is 40.0 Å². The van der Waals surface area contributed by atoms with Crippen LogP contribution in [-0.4, -0.2) is 18.5 Å². The Morgan fingerprint density at radius 3 is 2.57 bits per heavy atom. The standard InChI is InChI=1S/C18H29N3/c1-14(2)6-5-7-15(3)10-11-21(4)18-9-8-16(19)12-17(20)13-18/h6,8-10,12H,5,7,11,13,19-20H2,1-4H3/b15-10+. The largest absolute Gasteiger partial charge is 0.402 e. The Bertz CT molecular complexity index is 501. The number of hydrogen-bond donors (Lipinski definition) is 2. The average Bonchev–Trinajstić information content (AvgIpc) is 2.56. The van der Waals surface area contributed by atoms with E-state index in [0.29, 0.717) is 5.70 Å². The second-order valence-corrected chi connectivity index (χ2v) is 5.97. The molecule has 0 aromatic carbocycles. The molecule has 0 unspecified atom stereocenters. The van der Waals surface area contributed by atoms with Crippen molar-refractivity contribution >= 4 is 0 Å². The summed E-state index contributed by atoms with van der Waals surface area (Å²) in [6.07, 6.45) is 13.4. The highest BCUT2D eigenvalue weighted by Gasteiger charge is 2.07. The molecule has 0 fully saturated rings. The van der Waals surface area contributed by atoms with Gasteiger partial charge in [-0.3, -0.25) is 0 Å². The number of rotatable bonds is 6. The first-order valence-electron chi connectivity index (χ1n) is 7.51. The van der Waals surface area contributed by atoms with E-state index in [1.165, 1.54) is 16.8 Å². The second kappa shape index (κ2) is 8.40. The zero-order valence-electron chi connectivity index (χ0n) is 13.8. The van der Waals surface area contributed by atoms with Crippen LogP contribution in [0.3, 0.4) is 0 Å². The molecule has 0 atom stereocenters. The zero-order valence-corrected chi connectivity index (χ0v) is 13.8. The summed E-state index contributed by atoms with van der Waals surface area (Å²) in [6, 6.07) is 0. The molecule has 1 aliphatic rings. The van der Waals surface area contributed by atoms with Crippen LogP contribution in [0.1, 0.15) is 40.0 Å². The maximum absolute atomic E-state index is 5.95. The molecule has 1 rings (SSSR count). The minimum Gasteiger partial charge on any atom is -0.402 e. The molecule has 0 aromatic rings. The number of likely N-dealkylation sites (N-methyl/N-ethyl adjacent to an activating group) is 1. The predicted molar refractivity (Wildman–Crippen MR) is 92.3 cm³/mol. The van der Waals surface area contributed by atoms with Gasteiger partial charge in [0, 0.05) is 37.1 Å². The van der Waals surface area contributed by atoms with Crippen molar-refractivity contribution in [3.63, 3.8) is 0 Å². The van der Waals surface area contributed by atoms with Crippen molar-refractivity contribution in [3.8, 4) is 0 Å². The van der Waals surface area contributed by atoms with E-state index in [1.54, 1.807) is 0 Å². The summed E-state index contributed by atoms with van der Waals surface area (Å²) in [5, 5.41) is 0. The van der Waals surface area contributed by atoms with Gasteiger partial charge in [0.2, 0.25) is 0 Å². The third-order valence-electron chi connectivity index (χ3n) is 3.50. The highest BCUT2D eigenvalue weighted by Crippen LogP contribution is 2.16. The molecule has 0 saturated heterocycles.